The number of pyridine rings is 1. The van der Waals surface area contributed by atoms with Crippen molar-refractivity contribution in [3.8, 4) is 22.9 Å². The minimum atomic E-state index is -0.163. The summed E-state index contributed by atoms with van der Waals surface area (Å²) in [5.41, 5.74) is 1.30. The van der Waals surface area contributed by atoms with Crippen LogP contribution >= 0.6 is 11.6 Å². The first-order valence-corrected chi connectivity index (χ1v) is 9.53. The van der Waals surface area contributed by atoms with Crippen molar-refractivity contribution in [2.75, 3.05) is 20.3 Å². The van der Waals surface area contributed by atoms with Gasteiger partial charge in [-0.25, -0.2) is 0 Å². The van der Waals surface area contributed by atoms with Gasteiger partial charge < -0.3 is 18.9 Å². The Morgan fingerprint density at radius 3 is 2.55 bits per heavy atom. The molecule has 0 unspecified atom stereocenters. The largest absolute Gasteiger partial charge is 0.493 e. The maximum Gasteiger partial charge on any atom is 0.255 e. The molecule has 0 radical (unpaired) electrons. The summed E-state index contributed by atoms with van der Waals surface area (Å²) in [6.45, 7) is 1.50. The van der Waals surface area contributed by atoms with E-state index in [-0.39, 0.29) is 18.3 Å². The fraction of sp³-hybridized carbons (Fsp3) is 0.227. The third-order valence-electron chi connectivity index (χ3n) is 4.46. The molecular formula is C22H20ClNO5. The number of nitrogens with zero attached hydrogens (tertiary/aromatic N) is 1. The normalized spacial score (nSPS) is 15.0. The number of benzene rings is 2. The molecule has 1 fully saturated rings. The van der Waals surface area contributed by atoms with Gasteiger partial charge in [-0.1, -0.05) is 11.6 Å². The number of halogens is 1. The molecule has 0 bridgehead atoms. The summed E-state index contributed by atoms with van der Waals surface area (Å²) in [5, 5.41) is 0.646. The first-order chi connectivity index (χ1) is 14.1. The predicted octanol–water partition coefficient (Wildman–Crippen LogP) is 3.86. The highest BCUT2D eigenvalue weighted by Gasteiger charge is 2.23. The van der Waals surface area contributed by atoms with Crippen LogP contribution in [0.2, 0.25) is 5.02 Å². The van der Waals surface area contributed by atoms with Gasteiger partial charge in [0.1, 0.15) is 25.1 Å². The highest BCUT2D eigenvalue weighted by atomic mass is 35.5. The minimum absolute atomic E-state index is 0.157. The van der Waals surface area contributed by atoms with Crippen LogP contribution in [0.3, 0.4) is 0 Å². The van der Waals surface area contributed by atoms with Crippen LogP contribution in [0.4, 0.5) is 0 Å². The summed E-state index contributed by atoms with van der Waals surface area (Å²) < 4.78 is 23.5. The van der Waals surface area contributed by atoms with E-state index in [1.807, 2.05) is 12.1 Å². The number of methoxy groups -OCH3 is 1. The Morgan fingerprint density at radius 2 is 1.86 bits per heavy atom. The van der Waals surface area contributed by atoms with Crippen molar-refractivity contribution in [1.82, 2.24) is 4.57 Å². The number of hydrogen-bond acceptors (Lipinski definition) is 5. The number of ether oxygens (including phenoxy) is 4. The molecule has 29 heavy (non-hydrogen) atoms. The topological polar surface area (TPSA) is 62.2 Å². The average Bonchev–Trinajstić information content (AvgIpc) is 3.56. The van der Waals surface area contributed by atoms with Gasteiger partial charge in [0, 0.05) is 23.4 Å². The molecule has 7 heteroatoms. The summed E-state index contributed by atoms with van der Waals surface area (Å²) in [6.07, 6.45) is 1.88. The lowest BCUT2D eigenvalue weighted by Crippen LogP contribution is -2.18. The summed E-state index contributed by atoms with van der Waals surface area (Å²) in [4.78, 5) is 12.6. The third kappa shape index (κ3) is 4.91. The van der Waals surface area contributed by atoms with Crippen molar-refractivity contribution in [1.29, 1.82) is 0 Å². The van der Waals surface area contributed by atoms with Gasteiger partial charge in [0.25, 0.3) is 5.56 Å². The molecule has 150 valence electrons. The van der Waals surface area contributed by atoms with Crippen molar-refractivity contribution in [3.05, 3.63) is 81.7 Å². The predicted molar refractivity (Wildman–Crippen MR) is 110 cm³/mol. The highest BCUT2D eigenvalue weighted by Crippen LogP contribution is 2.30. The van der Waals surface area contributed by atoms with E-state index < -0.39 is 0 Å². The van der Waals surface area contributed by atoms with E-state index in [9.17, 15) is 4.79 Å². The molecule has 1 aliphatic rings. The molecule has 1 atom stereocenters. The van der Waals surface area contributed by atoms with Crippen molar-refractivity contribution in [2.45, 2.75) is 12.7 Å². The van der Waals surface area contributed by atoms with Gasteiger partial charge in [-0.15, -0.1) is 0 Å². The second-order valence-corrected chi connectivity index (χ2v) is 7.02. The molecule has 1 aromatic heterocycles. The molecule has 1 aliphatic heterocycles. The van der Waals surface area contributed by atoms with Crippen LogP contribution in [-0.2, 0) is 11.3 Å². The van der Waals surface area contributed by atoms with Crippen LogP contribution in [-0.4, -0.2) is 31.0 Å². The lowest BCUT2D eigenvalue weighted by atomic mass is 10.2. The van der Waals surface area contributed by atoms with Crippen LogP contribution in [0.25, 0.3) is 5.69 Å². The number of epoxide rings is 1. The molecule has 0 spiro atoms. The summed E-state index contributed by atoms with van der Waals surface area (Å²) in [5.74, 6) is 1.87. The molecule has 1 saturated heterocycles. The fourth-order valence-corrected chi connectivity index (χ4v) is 2.92. The fourth-order valence-electron chi connectivity index (χ4n) is 2.79. The highest BCUT2D eigenvalue weighted by molar-refractivity contribution is 6.30. The zero-order chi connectivity index (χ0) is 20.2. The number of hydrogen-bond donors (Lipinski definition) is 0. The SMILES string of the molecule is COc1cc(-n2ccc(COc3ccc(Cl)cc3)cc2=O)ccc1OC[C@H]1CO1. The minimum Gasteiger partial charge on any atom is -0.493 e. The van der Waals surface area contributed by atoms with Crippen LogP contribution in [0, 0.1) is 0 Å². The molecule has 0 aliphatic carbocycles. The van der Waals surface area contributed by atoms with Crippen molar-refractivity contribution >= 4 is 11.6 Å². The van der Waals surface area contributed by atoms with Gasteiger partial charge >= 0.3 is 0 Å². The number of aromatic nitrogens is 1. The lowest BCUT2D eigenvalue weighted by molar-refractivity contribution is 0.252. The standard InChI is InChI=1S/C22H20ClNO5/c1-26-21-11-17(4-7-20(21)29-14-19-13-28-19)24-9-8-15(10-22(24)25)12-27-18-5-2-16(23)3-6-18/h2-11,19H,12-14H2,1H3/t19-/m1/s1. The van der Waals surface area contributed by atoms with E-state index in [1.54, 1.807) is 60.3 Å². The van der Waals surface area contributed by atoms with Crippen LogP contribution in [0.5, 0.6) is 17.2 Å². The van der Waals surface area contributed by atoms with Gasteiger partial charge in [-0.05, 0) is 48.0 Å². The smallest absolute Gasteiger partial charge is 0.255 e. The second kappa shape index (κ2) is 8.59. The monoisotopic (exact) mass is 413 g/mol. The summed E-state index contributed by atoms with van der Waals surface area (Å²) in [6, 6.07) is 15.9. The van der Waals surface area contributed by atoms with E-state index in [0.717, 1.165) is 12.2 Å². The molecular weight excluding hydrogens is 394 g/mol. The maximum atomic E-state index is 12.6. The summed E-state index contributed by atoms with van der Waals surface area (Å²) in [7, 11) is 1.57. The van der Waals surface area contributed by atoms with E-state index >= 15 is 0 Å². The Morgan fingerprint density at radius 1 is 1.07 bits per heavy atom. The Labute approximate surface area is 173 Å². The zero-order valence-corrected chi connectivity index (χ0v) is 16.6. The van der Waals surface area contributed by atoms with Gasteiger partial charge in [0.05, 0.1) is 19.4 Å². The van der Waals surface area contributed by atoms with Gasteiger partial charge in [0.15, 0.2) is 11.5 Å². The van der Waals surface area contributed by atoms with Gasteiger partial charge in [-0.2, -0.15) is 0 Å². The quantitative estimate of drug-likeness (QED) is 0.525. The third-order valence-corrected chi connectivity index (χ3v) is 4.71. The van der Waals surface area contributed by atoms with Crippen molar-refractivity contribution in [2.24, 2.45) is 0 Å². The van der Waals surface area contributed by atoms with E-state index in [1.165, 1.54) is 0 Å². The molecule has 3 aromatic rings. The molecule has 6 nitrogen and oxygen atoms in total. The van der Waals surface area contributed by atoms with Crippen molar-refractivity contribution < 1.29 is 18.9 Å². The molecule has 4 rings (SSSR count). The summed E-state index contributed by atoms with van der Waals surface area (Å²) >= 11 is 5.87. The molecule has 0 amide bonds. The Balaban J connectivity index is 1.48. The van der Waals surface area contributed by atoms with Gasteiger partial charge in [0.2, 0.25) is 0 Å². The first-order valence-electron chi connectivity index (χ1n) is 9.15. The zero-order valence-electron chi connectivity index (χ0n) is 15.8. The first kappa shape index (κ1) is 19.4. The van der Waals surface area contributed by atoms with E-state index in [2.05, 4.69) is 0 Å². The molecule has 0 saturated carbocycles. The molecule has 0 N–H and O–H groups in total. The van der Waals surface area contributed by atoms with Crippen LogP contribution in [0.1, 0.15) is 5.56 Å². The van der Waals surface area contributed by atoms with Crippen LogP contribution < -0.4 is 19.8 Å². The van der Waals surface area contributed by atoms with Crippen molar-refractivity contribution in [3.63, 3.8) is 0 Å². The Kier molecular flexibility index (Phi) is 5.74. The lowest BCUT2D eigenvalue weighted by Gasteiger charge is -2.13. The average molecular weight is 414 g/mol. The van der Waals surface area contributed by atoms with E-state index in [4.69, 9.17) is 30.5 Å². The Hall–Kier alpha value is -2.96. The molecule has 2 aromatic carbocycles. The number of rotatable bonds is 8. The van der Waals surface area contributed by atoms with Gasteiger partial charge in [-0.3, -0.25) is 9.36 Å². The maximum absolute atomic E-state index is 12.6. The Bertz CT molecular complexity index is 1040. The second-order valence-electron chi connectivity index (χ2n) is 6.59. The molecule has 2 heterocycles. The van der Waals surface area contributed by atoms with E-state index in [0.29, 0.717) is 34.6 Å². The van der Waals surface area contributed by atoms with Crippen LogP contribution in [0.15, 0.2) is 65.6 Å².